The van der Waals surface area contributed by atoms with Gasteiger partial charge >= 0.3 is 0 Å². The van der Waals surface area contributed by atoms with Gasteiger partial charge in [-0.2, -0.15) is 0 Å². The van der Waals surface area contributed by atoms with Crippen molar-refractivity contribution < 1.29 is 0 Å². The molecule has 0 aromatic rings. The van der Waals surface area contributed by atoms with Crippen molar-refractivity contribution in [3.05, 3.63) is 23.8 Å². The fourth-order valence-electron chi connectivity index (χ4n) is 1.53. The Labute approximate surface area is 88.1 Å². The van der Waals surface area contributed by atoms with E-state index in [4.69, 9.17) is 0 Å². The molecule has 0 nitrogen and oxygen atoms in total. The zero-order valence-electron chi connectivity index (χ0n) is 9.34. The lowest BCUT2D eigenvalue weighted by molar-refractivity contribution is 0.769. The van der Waals surface area contributed by atoms with Gasteiger partial charge in [0.15, 0.2) is 0 Å². The van der Waals surface area contributed by atoms with Gasteiger partial charge in [0, 0.05) is 12.3 Å². The van der Waals surface area contributed by atoms with Crippen molar-refractivity contribution in [3.8, 4) is 11.8 Å². The Kier molecular flexibility index (Phi) is 5.15. The molecule has 0 N–H and O–H groups in total. The smallest absolute Gasteiger partial charge is 0.0275 e. The van der Waals surface area contributed by atoms with Gasteiger partial charge in [-0.25, -0.2) is 0 Å². The Morgan fingerprint density at radius 1 is 1.50 bits per heavy atom. The molecule has 0 saturated heterocycles. The maximum Gasteiger partial charge on any atom is 0.0275 e. The van der Waals surface area contributed by atoms with Crippen LogP contribution in [0.2, 0.25) is 0 Å². The molecule has 0 heterocycles. The van der Waals surface area contributed by atoms with E-state index in [1.54, 1.807) is 0 Å². The SMILES string of the molecule is CCCCC1=CCC#CC(C)CC=C1. The number of allylic oxidation sites excluding steroid dienone is 4. The molecule has 0 amide bonds. The van der Waals surface area contributed by atoms with Crippen LogP contribution in [0.5, 0.6) is 0 Å². The van der Waals surface area contributed by atoms with Crippen molar-refractivity contribution >= 4 is 0 Å². The molecule has 1 rings (SSSR count). The molecule has 0 bridgehead atoms. The van der Waals surface area contributed by atoms with E-state index in [0.29, 0.717) is 5.92 Å². The first-order chi connectivity index (χ1) is 6.83. The predicted molar refractivity (Wildman–Crippen MR) is 62.9 cm³/mol. The van der Waals surface area contributed by atoms with E-state index < -0.39 is 0 Å². The number of hydrogen-bond donors (Lipinski definition) is 0. The van der Waals surface area contributed by atoms with Gasteiger partial charge in [0.25, 0.3) is 0 Å². The average molecular weight is 188 g/mol. The molecule has 1 unspecified atom stereocenters. The quantitative estimate of drug-likeness (QED) is 0.585. The van der Waals surface area contributed by atoms with Crippen molar-refractivity contribution in [2.24, 2.45) is 5.92 Å². The summed E-state index contributed by atoms with van der Waals surface area (Å²) in [6.45, 7) is 4.43. The standard InChI is InChI=1S/C14H20/c1-3-4-10-14-11-6-5-8-13(2)9-7-12-14/h7,11-13H,3-4,6,9-10H2,1-2H3. The van der Waals surface area contributed by atoms with E-state index in [-0.39, 0.29) is 0 Å². The summed E-state index contributed by atoms with van der Waals surface area (Å²) < 4.78 is 0. The van der Waals surface area contributed by atoms with E-state index in [2.05, 4.69) is 43.9 Å². The minimum atomic E-state index is 0.519. The van der Waals surface area contributed by atoms with E-state index in [0.717, 1.165) is 12.8 Å². The minimum Gasteiger partial charge on any atom is -0.0995 e. The van der Waals surface area contributed by atoms with Gasteiger partial charge in [0.05, 0.1) is 0 Å². The maximum atomic E-state index is 3.26. The molecule has 1 aliphatic rings. The number of rotatable bonds is 3. The van der Waals surface area contributed by atoms with Crippen molar-refractivity contribution in [1.82, 2.24) is 0 Å². The Hall–Kier alpha value is -0.960. The molecule has 14 heavy (non-hydrogen) atoms. The lowest BCUT2D eigenvalue weighted by Gasteiger charge is -2.00. The largest absolute Gasteiger partial charge is 0.0995 e. The molecule has 0 heteroatoms. The molecule has 0 aromatic carbocycles. The van der Waals surface area contributed by atoms with Crippen molar-refractivity contribution in [2.75, 3.05) is 0 Å². The second-order valence-corrected chi connectivity index (χ2v) is 3.95. The van der Waals surface area contributed by atoms with Gasteiger partial charge in [-0.05, 0) is 19.3 Å². The monoisotopic (exact) mass is 188 g/mol. The molecule has 0 aromatic heterocycles. The Morgan fingerprint density at radius 2 is 2.36 bits per heavy atom. The van der Waals surface area contributed by atoms with E-state index >= 15 is 0 Å². The summed E-state index contributed by atoms with van der Waals surface area (Å²) >= 11 is 0. The van der Waals surface area contributed by atoms with Gasteiger partial charge in [0.2, 0.25) is 0 Å². The molecular formula is C14H20. The molecule has 0 saturated carbocycles. The number of unbranched alkanes of at least 4 members (excludes halogenated alkanes) is 1. The first kappa shape index (κ1) is 11.1. The summed E-state index contributed by atoms with van der Waals surface area (Å²) in [6, 6.07) is 0. The van der Waals surface area contributed by atoms with Crippen LogP contribution in [-0.2, 0) is 0 Å². The summed E-state index contributed by atoms with van der Waals surface area (Å²) in [5.41, 5.74) is 1.47. The van der Waals surface area contributed by atoms with Crippen molar-refractivity contribution in [2.45, 2.75) is 46.0 Å². The highest BCUT2D eigenvalue weighted by Gasteiger charge is 1.96. The van der Waals surface area contributed by atoms with Crippen LogP contribution < -0.4 is 0 Å². The van der Waals surface area contributed by atoms with Crippen LogP contribution in [0.1, 0.15) is 46.0 Å². The van der Waals surface area contributed by atoms with Crippen LogP contribution >= 0.6 is 0 Å². The summed E-state index contributed by atoms with van der Waals surface area (Å²) in [5, 5.41) is 0. The zero-order valence-corrected chi connectivity index (χ0v) is 9.34. The number of hydrogen-bond acceptors (Lipinski definition) is 0. The van der Waals surface area contributed by atoms with Gasteiger partial charge in [-0.3, -0.25) is 0 Å². The fourth-order valence-corrected chi connectivity index (χ4v) is 1.53. The second-order valence-electron chi connectivity index (χ2n) is 3.95. The fraction of sp³-hybridized carbons (Fsp3) is 0.571. The Balaban J connectivity index is 2.55. The molecule has 76 valence electrons. The molecule has 0 fully saturated rings. The highest BCUT2D eigenvalue weighted by Crippen LogP contribution is 2.13. The zero-order chi connectivity index (χ0) is 10.2. The average Bonchev–Trinajstić information content (AvgIpc) is 2.28. The molecule has 1 atom stereocenters. The minimum absolute atomic E-state index is 0.519. The summed E-state index contributed by atoms with van der Waals surface area (Å²) in [7, 11) is 0. The van der Waals surface area contributed by atoms with Crippen LogP contribution in [0, 0.1) is 17.8 Å². The molecular weight excluding hydrogens is 168 g/mol. The molecule has 0 aliphatic heterocycles. The third kappa shape index (κ3) is 4.33. The van der Waals surface area contributed by atoms with Crippen LogP contribution in [0.4, 0.5) is 0 Å². The summed E-state index contributed by atoms with van der Waals surface area (Å²) in [6.07, 6.45) is 12.6. The lowest BCUT2D eigenvalue weighted by Crippen LogP contribution is -1.85. The second kappa shape index (κ2) is 6.49. The third-order valence-corrected chi connectivity index (χ3v) is 2.46. The first-order valence-electron chi connectivity index (χ1n) is 5.67. The van der Waals surface area contributed by atoms with Gasteiger partial charge in [0.1, 0.15) is 0 Å². The summed E-state index contributed by atoms with van der Waals surface area (Å²) in [5.74, 6) is 6.99. The van der Waals surface area contributed by atoms with Crippen LogP contribution in [0.15, 0.2) is 23.8 Å². The van der Waals surface area contributed by atoms with Crippen LogP contribution in [0.3, 0.4) is 0 Å². The molecule has 0 spiro atoms. The highest BCUT2D eigenvalue weighted by molar-refractivity contribution is 5.23. The molecule has 0 radical (unpaired) electrons. The van der Waals surface area contributed by atoms with E-state index in [1.165, 1.54) is 24.8 Å². The normalized spacial score (nSPS) is 21.3. The first-order valence-corrected chi connectivity index (χ1v) is 5.67. The Bertz CT molecular complexity index is 270. The van der Waals surface area contributed by atoms with Crippen molar-refractivity contribution in [1.29, 1.82) is 0 Å². The van der Waals surface area contributed by atoms with Crippen LogP contribution in [0.25, 0.3) is 0 Å². The predicted octanol–water partition coefficient (Wildman–Crippen LogP) is 4.09. The van der Waals surface area contributed by atoms with Gasteiger partial charge in [-0.15, -0.1) is 0 Å². The molecule has 1 aliphatic carbocycles. The van der Waals surface area contributed by atoms with Gasteiger partial charge < -0.3 is 0 Å². The highest BCUT2D eigenvalue weighted by atomic mass is 14.0. The van der Waals surface area contributed by atoms with Gasteiger partial charge in [-0.1, -0.05) is 55.9 Å². The summed E-state index contributed by atoms with van der Waals surface area (Å²) in [4.78, 5) is 0. The van der Waals surface area contributed by atoms with E-state index in [1.807, 2.05) is 0 Å². The Morgan fingerprint density at radius 3 is 3.14 bits per heavy atom. The lowest BCUT2D eigenvalue weighted by atomic mass is 10.1. The third-order valence-electron chi connectivity index (χ3n) is 2.46. The van der Waals surface area contributed by atoms with Crippen molar-refractivity contribution in [3.63, 3.8) is 0 Å². The van der Waals surface area contributed by atoms with Crippen LogP contribution in [-0.4, -0.2) is 0 Å². The maximum absolute atomic E-state index is 3.26. The topological polar surface area (TPSA) is 0 Å². The van der Waals surface area contributed by atoms with E-state index in [9.17, 15) is 0 Å².